The van der Waals surface area contributed by atoms with E-state index in [0.29, 0.717) is 11.1 Å². The maximum Gasteiger partial charge on any atom is 0.126 e. The molecule has 0 saturated carbocycles. The number of benzene rings is 2. The predicted molar refractivity (Wildman–Crippen MR) is 89.9 cm³/mol. The van der Waals surface area contributed by atoms with Crippen LogP contribution >= 0.6 is 15.9 Å². The highest BCUT2D eigenvalue weighted by Gasteiger charge is 2.17. The van der Waals surface area contributed by atoms with Crippen LogP contribution in [0.2, 0.25) is 0 Å². The molecule has 0 unspecified atom stereocenters. The van der Waals surface area contributed by atoms with Crippen molar-refractivity contribution in [2.75, 3.05) is 0 Å². The van der Waals surface area contributed by atoms with E-state index in [-0.39, 0.29) is 5.82 Å². The summed E-state index contributed by atoms with van der Waals surface area (Å²) in [7, 11) is 0. The zero-order chi connectivity index (χ0) is 16.0. The standard InChI is InChI=1S/C18H14BrFN2/c1-10-7-14-15(9-21)12(3)22(18(14)8-16(10)19)13-4-5-17(20)11(2)6-13/h4-8H,1-3H3. The Bertz CT molecular complexity index is 948. The SMILES string of the molecule is Cc1cc(-n2c(C)c(C#N)c3cc(C)c(Br)cc32)ccc1F. The molecule has 0 aliphatic rings. The Morgan fingerprint density at radius 1 is 1.09 bits per heavy atom. The largest absolute Gasteiger partial charge is 0.312 e. The lowest BCUT2D eigenvalue weighted by Crippen LogP contribution is -1.98. The normalized spacial score (nSPS) is 10.9. The Kier molecular flexibility index (Phi) is 3.54. The highest BCUT2D eigenvalue weighted by Crippen LogP contribution is 2.33. The van der Waals surface area contributed by atoms with Crippen molar-refractivity contribution in [3.8, 4) is 11.8 Å². The second kappa shape index (κ2) is 5.26. The number of nitrogens with zero attached hydrogens (tertiary/aromatic N) is 2. The molecule has 22 heavy (non-hydrogen) atoms. The van der Waals surface area contributed by atoms with Crippen LogP contribution in [0.1, 0.15) is 22.4 Å². The molecule has 110 valence electrons. The van der Waals surface area contributed by atoms with Crippen molar-refractivity contribution in [1.29, 1.82) is 5.26 Å². The van der Waals surface area contributed by atoms with E-state index in [9.17, 15) is 9.65 Å². The zero-order valence-corrected chi connectivity index (χ0v) is 14.1. The van der Waals surface area contributed by atoms with Gasteiger partial charge in [-0.25, -0.2) is 4.39 Å². The third-order valence-corrected chi connectivity index (χ3v) is 4.85. The van der Waals surface area contributed by atoms with Gasteiger partial charge in [-0.1, -0.05) is 15.9 Å². The van der Waals surface area contributed by atoms with Gasteiger partial charge in [-0.3, -0.25) is 0 Å². The zero-order valence-electron chi connectivity index (χ0n) is 12.5. The molecule has 0 aliphatic carbocycles. The Labute approximate surface area is 136 Å². The molecule has 1 heterocycles. The molecule has 0 fully saturated rings. The summed E-state index contributed by atoms with van der Waals surface area (Å²) in [5, 5.41) is 10.4. The number of hydrogen-bond acceptors (Lipinski definition) is 1. The van der Waals surface area contributed by atoms with Crippen LogP contribution in [0.4, 0.5) is 4.39 Å². The fourth-order valence-electron chi connectivity index (χ4n) is 2.79. The van der Waals surface area contributed by atoms with Gasteiger partial charge in [-0.2, -0.15) is 5.26 Å². The Morgan fingerprint density at radius 3 is 2.45 bits per heavy atom. The summed E-state index contributed by atoms with van der Waals surface area (Å²) in [4.78, 5) is 0. The van der Waals surface area contributed by atoms with Crippen LogP contribution in [-0.2, 0) is 0 Å². The molecule has 0 bridgehead atoms. The van der Waals surface area contributed by atoms with Crippen LogP contribution in [0.15, 0.2) is 34.8 Å². The number of rotatable bonds is 1. The van der Waals surface area contributed by atoms with E-state index in [1.165, 1.54) is 6.07 Å². The number of aromatic nitrogens is 1. The molecular formula is C18H14BrFN2. The maximum absolute atomic E-state index is 13.5. The molecule has 2 aromatic carbocycles. The average Bonchev–Trinajstić information content (AvgIpc) is 2.74. The topological polar surface area (TPSA) is 28.7 Å². The first-order chi connectivity index (χ1) is 10.4. The van der Waals surface area contributed by atoms with Gasteiger partial charge >= 0.3 is 0 Å². The molecular weight excluding hydrogens is 343 g/mol. The first-order valence-corrected chi connectivity index (χ1v) is 7.71. The fourth-order valence-corrected chi connectivity index (χ4v) is 3.12. The molecule has 0 amide bonds. The van der Waals surface area contributed by atoms with Crippen LogP contribution in [0.5, 0.6) is 0 Å². The summed E-state index contributed by atoms with van der Waals surface area (Å²) in [6.07, 6.45) is 0. The highest BCUT2D eigenvalue weighted by molar-refractivity contribution is 9.10. The van der Waals surface area contributed by atoms with Crippen molar-refractivity contribution in [3.63, 3.8) is 0 Å². The average molecular weight is 357 g/mol. The third-order valence-electron chi connectivity index (χ3n) is 4.00. The summed E-state index contributed by atoms with van der Waals surface area (Å²) >= 11 is 3.55. The smallest absolute Gasteiger partial charge is 0.126 e. The van der Waals surface area contributed by atoms with E-state index in [4.69, 9.17) is 0 Å². The predicted octanol–water partition coefficient (Wildman–Crippen LogP) is 5.33. The molecule has 3 rings (SSSR count). The fraction of sp³-hybridized carbons (Fsp3) is 0.167. The van der Waals surface area contributed by atoms with E-state index in [0.717, 1.165) is 32.3 Å². The minimum Gasteiger partial charge on any atom is -0.312 e. The molecule has 0 radical (unpaired) electrons. The van der Waals surface area contributed by atoms with Crippen molar-refractivity contribution in [2.45, 2.75) is 20.8 Å². The maximum atomic E-state index is 13.5. The minimum absolute atomic E-state index is 0.226. The van der Waals surface area contributed by atoms with E-state index < -0.39 is 0 Å². The first-order valence-electron chi connectivity index (χ1n) is 6.92. The minimum atomic E-state index is -0.226. The van der Waals surface area contributed by atoms with Gasteiger partial charge in [-0.05, 0) is 62.2 Å². The lowest BCUT2D eigenvalue weighted by molar-refractivity contribution is 0.618. The van der Waals surface area contributed by atoms with Crippen molar-refractivity contribution in [1.82, 2.24) is 4.57 Å². The van der Waals surface area contributed by atoms with Gasteiger partial charge in [0.15, 0.2) is 0 Å². The molecule has 4 heteroatoms. The summed E-state index contributed by atoms with van der Waals surface area (Å²) in [6.45, 7) is 5.66. The Hall–Kier alpha value is -2.12. The van der Waals surface area contributed by atoms with E-state index >= 15 is 0 Å². The third kappa shape index (κ3) is 2.13. The van der Waals surface area contributed by atoms with Crippen LogP contribution in [0, 0.1) is 37.9 Å². The van der Waals surface area contributed by atoms with E-state index in [2.05, 4.69) is 22.0 Å². The number of nitriles is 1. The van der Waals surface area contributed by atoms with Crippen molar-refractivity contribution in [2.24, 2.45) is 0 Å². The van der Waals surface area contributed by atoms with Crippen LogP contribution in [0.25, 0.3) is 16.6 Å². The monoisotopic (exact) mass is 356 g/mol. The van der Waals surface area contributed by atoms with E-state index in [1.807, 2.05) is 30.5 Å². The van der Waals surface area contributed by atoms with Gasteiger partial charge in [0.2, 0.25) is 0 Å². The summed E-state index contributed by atoms with van der Waals surface area (Å²) in [6, 6.07) is 11.3. The molecule has 2 nitrogen and oxygen atoms in total. The van der Waals surface area contributed by atoms with Crippen LogP contribution < -0.4 is 0 Å². The Morgan fingerprint density at radius 2 is 1.82 bits per heavy atom. The van der Waals surface area contributed by atoms with Crippen molar-refractivity contribution in [3.05, 3.63) is 63.0 Å². The van der Waals surface area contributed by atoms with Gasteiger partial charge in [0.05, 0.1) is 11.1 Å². The Balaban J connectivity index is 2.43. The number of aryl methyl sites for hydroxylation is 2. The number of fused-ring (bicyclic) bond motifs is 1. The highest BCUT2D eigenvalue weighted by atomic mass is 79.9. The van der Waals surface area contributed by atoms with Gasteiger partial charge in [-0.15, -0.1) is 0 Å². The number of halogens is 2. The first kappa shape index (κ1) is 14.8. The summed E-state index contributed by atoms with van der Waals surface area (Å²) < 4.78 is 16.5. The second-order valence-electron chi connectivity index (χ2n) is 5.46. The van der Waals surface area contributed by atoms with Gasteiger partial charge in [0.25, 0.3) is 0 Å². The summed E-state index contributed by atoms with van der Waals surface area (Å²) in [5.74, 6) is -0.226. The number of hydrogen-bond donors (Lipinski definition) is 0. The lowest BCUT2D eigenvalue weighted by Gasteiger charge is -2.10. The van der Waals surface area contributed by atoms with Crippen molar-refractivity contribution >= 4 is 26.8 Å². The molecule has 0 aliphatic heterocycles. The van der Waals surface area contributed by atoms with Crippen LogP contribution in [0.3, 0.4) is 0 Å². The van der Waals surface area contributed by atoms with Gasteiger partial charge in [0.1, 0.15) is 11.9 Å². The molecule has 1 aromatic heterocycles. The molecule has 3 aromatic rings. The molecule has 0 atom stereocenters. The summed E-state index contributed by atoms with van der Waals surface area (Å²) in [5.41, 5.74) is 4.99. The second-order valence-corrected chi connectivity index (χ2v) is 6.31. The molecule has 0 N–H and O–H groups in total. The van der Waals surface area contributed by atoms with Gasteiger partial charge < -0.3 is 4.57 Å². The molecule has 0 saturated heterocycles. The van der Waals surface area contributed by atoms with Crippen LogP contribution in [-0.4, -0.2) is 4.57 Å². The lowest BCUT2D eigenvalue weighted by atomic mass is 10.1. The van der Waals surface area contributed by atoms with E-state index in [1.54, 1.807) is 19.1 Å². The van der Waals surface area contributed by atoms with Gasteiger partial charge in [0, 0.05) is 21.2 Å². The van der Waals surface area contributed by atoms with Crippen molar-refractivity contribution < 1.29 is 4.39 Å². The molecule has 0 spiro atoms. The quantitative estimate of drug-likeness (QED) is 0.579.